The van der Waals surface area contributed by atoms with Crippen LogP contribution in [0.4, 0.5) is 0 Å². The van der Waals surface area contributed by atoms with E-state index in [9.17, 15) is 0 Å². The molecule has 0 spiro atoms. The summed E-state index contributed by atoms with van der Waals surface area (Å²) in [6.07, 6.45) is 5.31. The molecular weight excluding hydrogens is 168 g/mol. The zero-order valence-electron chi connectivity index (χ0n) is 4.80. The van der Waals surface area contributed by atoms with Crippen LogP contribution >= 0.6 is 15.9 Å². The Morgan fingerprint density at radius 3 is 2.75 bits per heavy atom. The molecule has 8 heavy (non-hydrogen) atoms. The highest BCUT2D eigenvalue weighted by Gasteiger charge is 1.63. The molecule has 0 saturated heterocycles. The van der Waals surface area contributed by atoms with Gasteiger partial charge in [0.2, 0.25) is 0 Å². The number of hydrogen-bond donors (Lipinski definition) is 0. The summed E-state index contributed by atoms with van der Waals surface area (Å²) >= 11 is 3.11. The third kappa shape index (κ3) is 5.76. The molecule has 0 atom stereocenters. The van der Waals surface area contributed by atoms with E-state index < -0.39 is 0 Å². The molecule has 0 radical (unpaired) electrons. The minimum Gasteiger partial charge on any atom is -0.501 e. The summed E-state index contributed by atoms with van der Waals surface area (Å²) in [7, 11) is 0. The van der Waals surface area contributed by atoms with E-state index in [1.807, 2.05) is 19.1 Å². The first kappa shape index (κ1) is 7.76. The van der Waals surface area contributed by atoms with Gasteiger partial charge in [0.25, 0.3) is 0 Å². The van der Waals surface area contributed by atoms with Gasteiger partial charge in [-0.15, -0.1) is 0 Å². The van der Waals surface area contributed by atoms with Crippen LogP contribution in [0.3, 0.4) is 0 Å². The lowest BCUT2D eigenvalue weighted by Gasteiger charge is -1.87. The summed E-state index contributed by atoms with van der Waals surface area (Å²) in [6, 6.07) is 0. The second kappa shape index (κ2) is 6.76. The molecule has 0 bridgehead atoms. The van der Waals surface area contributed by atoms with Crippen molar-refractivity contribution in [3.63, 3.8) is 0 Å². The maximum Gasteiger partial charge on any atom is 0.0845 e. The van der Waals surface area contributed by atoms with Crippen molar-refractivity contribution in [1.82, 2.24) is 0 Å². The van der Waals surface area contributed by atoms with Crippen molar-refractivity contribution in [2.45, 2.75) is 6.92 Å². The maximum absolute atomic E-state index is 4.88. The van der Waals surface area contributed by atoms with Crippen molar-refractivity contribution in [1.29, 1.82) is 0 Å². The second-order valence-electron chi connectivity index (χ2n) is 1.10. The Hall–Kier alpha value is -0.240. The Labute approximate surface area is 58.2 Å². The van der Waals surface area contributed by atoms with Gasteiger partial charge in [0.05, 0.1) is 12.9 Å². The minimum atomic E-state index is 0.729. The van der Waals surface area contributed by atoms with Crippen molar-refractivity contribution < 1.29 is 4.74 Å². The molecule has 2 heteroatoms. The lowest BCUT2D eigenvalue weighted by Crippen LogP contribution is -1.74. The van der Waals surface area contributed by atoms with Gasteiger partial charge >= 0.3 is 0 Å². The average Bonchev–Trinajstić information content (AvgIpc) is 1.81. The molecule has 0 saturated carbocycles. The number of halogens is 1. The summed E-state index contributed by atoms with van der Waals surface area (Å²) in [5.74, 6) is 0. The van der Waals surface area contributed by atoms with E-state index in [0.29, 0.717) is 0 Å². The number of allylic oxidation sites excluding steroid dienone is 2. The van der Waals surface area contributed by atoms with Gasteiger partial charge in [-0.3, -0.25) is 0 Å². The average molecular weight is 177 g/mol. The van der Waals surface area contributed by atoms with Crippen LogP contribution in [0.15, 0.2) is 23.4 Å². The predicted octanol–water partition coefficient (Wildman–Crippen LogP) is 2.45. The summed E-state index contributed by atoms with van der Waals surface area (Å²) in [6.45, 7) is 2.68. The highest BCUT2D eigenvalue weighted by Crippen LogP contribution is 1.84. The Morgan fingerprint density at radius 1 is 1.50 bits per heavy atom. The minimum absolute atomic E-state index is 0.729. The fourth-order valence-electron chi connectivity index (χ4n) is 0.239. The zero-order valence-corrected chi connectivity index (χ0v) is 6.39. The van der Waals surface area contributed by atoms with Crippen LogP contribution < -0.4 is 0 Å². The SMILES string of the molecule is CCO/C=C/C=C/Br. The van der Waals surface area contributed by atoms with Crippen molar-refractivity contribution in [2.24, 2.45) is 0 Å². The third-order valence-electron chi connectivity index (χ3n) is 0.525. The first-order valence-corrected chi connectivity index (χ1v) is 3.37. The van der Waals surface area contributed by atoms with E-state index in [0.717, 1.165) is 6.61 Å². The van der Waals surface area contributed by atoms with Crippen LogP contribution in [-0.4, -0.2) is 6.61 Å². The summed E-state index contributed by atoms with van der Waals surface area (Å²) in [4.78, 5) is 1.77. The fourth-order valence-corrected chi connectivity index (χ4v) is 0.415. The van der Waals surface area contributed by atoms with E-state index in [4.69, 9.17) is 4.74 Å². The molecule has 0 aromatic carbocycles. The number of hydrogen-bond acceptors (Lipinski definition) is 1. The van der Waals surface area contributed by atoms with E-state index in [1.165, 1.54) is 0 Å². The van der Waals surface area contributed by atoms with E-state index in [2.05, 4.69) is 15.9 Å². The van der Waals surface area contributed by atoms with Gasteiger partial charge in [-0.25, -0.2) is 0 Å². The fraction of sp³-hybridized carbons (Fsp3) is 0.333. The topological polar surface area (TPSA) is 9.23 Å². The van der Waals surface area contributed by atoms with Gasteiger partial charge in [-0.2, -0.15) is 0 Å². The van der Waals surface area contributed by atoms with Crippen molar-refractivity contribution in [2.75, 3.05) is 6.61 Å². The van der Waals surface area contributed by atoms with Crippen molar-refractivity contribution >= 4 is 15.9 Å². The molecule has 0 unspecified atom stereocenters. The van der Waals surface area contributed by atoms with Crippen LogP contribution in [0, 0.1) is 0 Å². The highest BCUT2D eigenvalue weighted by molar-refractivity contribution is 9.11. The standard InChI is InChI=1S/C6H9BrO/c1-2-8-6-4-3-5-7/h3-6H,2H2,1H3/b5-3+,6-4+. The largest absolute Gasteiger partial charge is 0.501 e. The first-order chi connectivity index (χ1) is 3.91. The van der Waals surface area contributed by atoms with Gasteiger partial charge in [0, 0.05) is 0 Å². The van der Waals surface area contributed by atoms with Gasteiger partial charge in [0.1, 0.15) is 0 Å². The van der Waals surface area contributed by atoms with Gasteiger partial charge < -0.3 is 4.74 Å². The molecule has 0 heterocycles. The molecular formula is C6H9BrO. The Morgan fingerprint density at radius 2 is 2.25 bits per heavy atom. The lowest BCUT2D eigenvalue weighted by atomic mass is 10.6. The predicted molar refractivity (Wildman–Crippen MR) is 38.8 cm³/mol. The molecule has 0 aromatic heterocycles. The number of ether oxygens (including phenoxy) is 1. The molecule has 0 N–H and O–H groups in total. The van der Waals surface area contributed by atoms with Crippen molar-refractivity contribution in [3.8, 4) is 0 Å². The molecule has 0 aliphatic carbocycles. The van der Waals surface area contributed by atoms with Crippen LogP contribution in [0.1, 0.15) is 6.92 Å². The summed E-state index contributed by atoms with van der Waals surface area (Å²) < 4.78 is 4.88. The third-order valence-corrected chi connectivity index (χ3v) is 0.831. The second-order valence-corrected chi connectivity index (χ2v) is 1.63. The van der Waals surface area contributed by atoms with Gasteiger partial charge in [-0.05, 0) is 18.0 Å². The molecule has 0 aliphatic rings. The van der Waals surface area contributed by atoms with Gasteiger partial charge in [0.15, 0.2) is 0 Å². The quantitative estimate of drug-likeness (QED) is 0.475. The molecule has 0 aromatic rings. The Balaban J connectivity index is 3.07. The lowest BCUT2D eigenvalue weighted by molar-refractivity contribution is 0.269. The maximum atomic E-state index is 4.88. The molecule has 46 valence electrons. The van der Waals surface area contributed by atoms with Gasteiger partial charge in [-0.1, -0.05) is 22.0 Å². The highest BCUT2D eigenvalue weighted by atomic mass is 79.9. The summed E-state index contributed by atoms with van der Waals surface area (Å²) in [5.41, 5.74) is 0. The van der Waals surface area contributed by atoms with Crippen molar-refractivity contribution in [3.05, 3.63) is 23.4 Å². The summed E-state index contributed by atoms with van der Waals surface area (Å²) in [5, 5.41) is 0. The molecule has 1 nitrogen and oxygen atoms in total. The van der Waals surface area contributed by atoms with Crippen LogP contribution in [-0.2, 0) is 4.74 Å². The van der Waals surface area contributed by atoms with Crippen LogP contribution in [0.5, 0.6) is 0 Å². The van der Waals surface area contributed by atoms with Crippen LogP contribution in [0.2, 0.25) is 0 Å². The van der Waals surface area contributed by atoms with E-state index >= 15 is 0 Å². The zero-order chi connectivity index (χ0) is 6.24. The Kier molecular flexibility index (Phi) is 6.56. The molecule has 0 aliphatic heterocycles. The van der Waals surface area contributed by atoms with Crippen LogP contribution in [0.25, 0.3) is 0 Å². The molecule has 0 fully saturated rings. The first-order valence-electron chi connectivity index (χ1n) is 2.45. The normalized spacial score (nSPS) is 11.2. The smallest absolute Gasteiger partial charge is 0.0845 e. The molecule has 0 amide bonds. The van der Waals surface area contributed by atoms with E-state index in [1.54, 1.807) is 11.2 Å². The monoisotopic (exact) mass is 176 g/mol. The molecule has 0 rings (SSSR count). The number of rotatable bonds is 3. The Bertz CT molecular complexity index is 86.5. The van der Waals surface area contributed by atoms with E-state index in [-0.39, 0.29) is 0 Å².